The van der Waals surface area contributed by atoms with Crippen LogP contribution in [-0.4, -0.2) is 44.1 Å². The van der Waals surface area contributed by atoms with Crippen molar-refractivity contribution in [3.05, 3.63) is 17.5 Å². The zero-order valence-corrected chi connectivity index (χ0v) is 14.7. The minimum atomic E-state index is -3.51. The fraction of sp³-hybridized carbons (Fsp3) is 0.643. The highest BCUT2D eigenvalue weighted by atomic mass is 32.2. The summed E-state index contributed by atoms with van der Waals surface area (Å²) in [5.41, 5.74) is -0.555. The minimum Gasteiger partial charge on any atom is -0.444 e. The predicted molar refractivity (Wildman–Crippen MR) is 85.5 cm³/mol. The van der Waals surface area contributed by atoms with Gasteiger partial charge < -0.3 is 9.64 Å². The molecule has 1 N–H and O–H groups in total. The number of nitrogens with zero attached hydrogens (tertiary/aromatic N) is 1. The van der Waals surface area contributed by atoms with Gasteiger partial charge in [-0.25, -0.2) is 17.9 Å². The van der Waals surface area contributed by atoms with Crippen LogP contribution in [0.2, 0.25) is 0 Å². The molecule has 0 unspecified atom stereocenters. The minimum absolute atomic E-state index is 0.284. The lowest BCUT2D eigenvalue weighted by molar-refractivity contribution is 0.0195. The number of sulfonamides is 1. The monoisotopic (exact) mass is 346 g/mol. The molecule has 0 spiro atoms. The number of hydrogen-bond acceptors (Lipinski definition) is 5. The van der Waals surface area contributed by atoms with Gasteiger partial charge in [-0.2, -0.15) is 0 Å². The fourth-order valence-corrected chi connectivity index (χ4v) is 4.53. The van der Waals surface area contributed by atoms with Gasteiger partial charge in [-0.3, -0.25) is 0 Å². The van der Waals surface area contributed by atoms with E-state index in [0.717, 1.165) is 6.42 Å². The lowest BCUT2D eigenvalue weighted by Crippen LogP contribution is -2.50. The first-order chi connectivity index (χ1) is 10.2. The Morgan fingerprint density at radius 2 is 2.18 bits per heavy atom. The van der Waals surface area contributed by atoms with E-state index in [9.17, 15) is 13.2 Å². The molecule has 1 aromatic rings. The average Bonchev–Trinajstić information content (AvgIpc) is 2.91. The van der Waals surface area contributed by atoms with Gasteiger partial charge in [-0.15, -0.1) is 11.3 Å². The third-order valence-electron chi connectivity index (χ3n) is 3.15. The highest BCUT2D eigenvalue weighted by Gasteiger charge is 2.30. The van der Waals surface area contributed by atoms with Crippen molar-refractivity contribution >= 4 is 27.5 Å². The molecule has 1 saturated heterocycles. The Morgan fingerprint density at radius 1 is 1.45 bits per heavy atom. The van der Waals surface area contributed by atoms with Crippen molar-refractivity contribution in [2.45, 2.75) is 49.5 Å². The van der Waals surface area contributed by atoms with E-state index < -0.39 is 21.7 Å². The summed E-state index contributed by atoms with van der Waals surface area (Å²) in [5.74, 6) is 0. The van der Waals surface area contributed by atoms with E-state index in [0.29, 0.717) is 23.7 Å². The van der Waals surface area contributed by atoms with Crippen molar-refractivity contribution in [3.63, 3.8) is 0 Å². The Balaban J connectivity index is 1.98. The number of carbonyl (C=O) groups is 1. The largest absolute Gasteiger partial charge is 0.444 e. The molecule has 2 rings (SSSR count). The molecule has 1 fully saturated rings. The van der Waals surface area contributed by atoms with Crippen LogP contribution in [0.4, 0.5) is 4.79 Å². The topological polar surface area (TPSA) is 75.7 Å². The summed E-state index contributed by atoms with van der Waals surface area (Å²) in [7, 11) is -3.51. The maximum atomic E-state index is 12.2. The summed E-state index contributed by atoms with van der Waals surface area (Å²) in [4.78, 5) is 13.6. The van der Waals surface area contributed by atoms with E-state index in [-0.39, 0.29) is 6.04 Å². The molecule has 0 aliphatic carbocycles. The molecule has 2 heterocycles. The Bertz CT molecular complexity index is 605. The van der Waals surface area contributed by atoms with E-state index in [2.05, 4.69) is 4.72 Å². The van der Waals surface area contributed by atoms with Crippen molar-refractivity contribution in [1.29, 1.82) is 0 Å². The molecule has 1 aliphatic rings. The molecule has 1 aromatic heterocycles. The lowest BCUT2D eigenvalue weighted by Gasteiger charge is -2.34. The highest BCUT2D eigenvalue weighted by molar-refractivity contribution is 7.91. The Kier molecular flexibility index (Phi) is 5.14. The van der Waals surface area contributed by atoms with Gasteiger partial charge in [0.25, 0.3) is 0 Å². The quantitative estimate of drug-likeness (QED) is 0.912. The predicted octanol–water partition coefficient (Wildman–Crippen LogP) is 2.43. The summed E-state index contributed by atoms with van der Waals surface area (Å²) in [6.45, 7) is 6.36. The first-order valence-corrected chi connectivity index (χ1v) is 9.57. The maximum Gasteiger partial charge on any atom is 0.410 e. The van der Waals surface area contributed by atoms with Crippen molar-refractivity contribution in [2.75, 3.05) is 13.1 Å². The number of hydrogen-bond donors (Lipinski definition) is 1. The van der Waals surface area contributed by atoms with Gasteiger partial charge in [-0.05, 0) is 45.1 Å². The number of carbonyl (C=O) groups excluding carboxylic acids is 1. The SMILES string of the molecule is CC(C)(C)OC(=O)N1CCC[C@@H](NS(=O)(=O)c2cccs2)C1. The van der Waals surface area contributed by atoms with Crippen LogP contribution in [0, 0.1) is 0 Å². The van der Waals surface area contributed by atoms with Gasteiger partial charge in [0.1, 0.15) is 9.81 Å². The Morgan fingerprint density at radius 3 is 2.77 bits per heavy atom. The third kappa shape index (κ3) is 4.69. The van der Waals surface area contributed by atoms with Gasteiger partial charge in [0.05, 0.1) is 0 Å². The van der Waals surface area contributed by atoms with Crippen LogP contribution >= 0.6 is 11.3 Å². The van der Waals surface area contributed by atoms with E-state index >= 15 is 0 Å². The van der Waals surface area contributed by atoms with Gasteiger partial charge in [0, 0.05) is 19.1 Å². The second kappa shape index (κ2) is 6.55. The van der Waals surface area contributed by atoms with Crippen LogP contribution in [0.1, 0.15) is 33.6 Å². The number of nitrogens with one attached hydrogen (secondary N) is 1. The van der Waals surface area contributed by atoms with Gasteiger partial charge >= 0.3 is 6.09 Å². The molecule has 8 heteroatoms. The molecular formula is C14H22N2O4S2. The van der Waals surface area contributed by atoms with E-state index in [1.165, 1.54) is 11.3 Å². The van der Waals surface area contributed by atoms with E-state index in [1.807, 2.05) is 20.8 Å². The zero-order valence-electron chi connectivity index (χ0n) is 13.0. The van der Waals surface area contributed by atoms with Gasteiger partial charge in [0.2, 0.25) is 10.0 Å². The summed E-state index contributed by atoms with van der Waals surface area (Å²) < 4.78 is 32.8. The second-order valence-corrected chi connectivity index (χ2v) is 9.21. The average molecular weight is 346 g/mol. The Hall–Kier alpha value is -1.12. The molecule has 0 aromatic carbocycles. The van der Waals surface area contributed by atoms with Gasteiger partial charge in [-0.1, -0.05) is 6.07 Å². The third-order valence-corrected chi connectivity index (χ3v) is 6.07. The summed E-state index contributed by atoms with van der Waals surface area (Å²) in [5, 5.41) is 1.72. The molecule has 0 saturated carbocycles. The second-order valence-electron chi connectivity index (χ2n) is 6.32. The summed E-state index contributed by atoms with van der Waals surface area (Å²) >= 11 is 1.18. The van der Waals surface area contributed by atoms with Crippen molar-refractivity contribution in [1.82, 2.24) is 9.62 Å². The van der Waals surface area contributed by atoms with Crippen LogP contribution in [-0.2, 0) is 14.8 Å². The molecule has 124 valence electrons. The van der Waals surface area contributed by atoms with Crippen molar-refractivity contribution < 1.29 is 17.9 Å². The normalized spacial score (nSPS) is 20.0. The number of piperidine rings is 1. The molecule has 1 atom stereocenters. The molecular weight excluding hydrogens is 324 g/mol. The first kappa shape index (κ1) is 17.2. The fourth-order valence-electron chi connectivity index (χ4n) is 2.26. The maximum absolute atomic E-state index is 12.2. The number of thiophene rings is 1. The number of likely N-dealkylation sites (tertiary alicyclic amines) is 1. The van der Waals surface area contributed by atoms with E-state index in [4.69, 9.17) is 4.74 Å². The van der Waals surface area contributed by atoms with Crippen LogP contribution in [0.5, 0.6) is 0 Å². The van der Waals surface area contributed by atoms with Crippen molar-refractivity contribution in [2.24, 2.45) is 0 Å². The summed E-state index contributed by atoms with van der Waals surface area (Å²) in [6.07, 6.45) is 1.06. The molecule has 1 amide bonds. The zero-order chi connectivity index (χ0) is 16.4. The first-order valence-electron chi connectivity index (χ1n) is 7.21. The van der Waals surface area contributed by atoms with Crippen LogP contribution in [0.15, 0.2) is 21.7 Å². The van der Waals surface area contributed by atoms with E-state index in [1.54, 1.807) is 22.4 Å². The number of ether oxygens (including phenoxy) is 1. The smallest absolute Gasteiger partial charge is 0.410 e. The molecule has 1 aliphatic heterocycles. The number of rotatable bonds is 3. The van der Waals surface area contributed by atoms with Crippen LogP contribution in [0.25, 0.3) is 0 Å². The molecule has 0 radical (unpaired) electrons. The van der Waals surface area contributed by atoms with Crippen LogP contribution < -0.4 is 4.72 Å². The summed E-state index contributed by atoms with van der Waals surface area (Å²) in [6, 6.07) is 2.99. The Labute approximate surface area is 135 Å². The van der Waals surface area contributed by atoms with Crippen molar-refractivity contribution in [3.8, 4) is 0 Å². The highest BCUT2D eigenvalue weighted by Crippen LogP contribution is 2.19. The van der Waals surface area contributed by atoms with Gasteiger partial charge in [0.15, 0.2) is 0 Å². The molecule has 0 bridgehead atoms. The number of amides is 1. The molecule has 22 heavy (non-hydrogen) atoms. The standard InChI is InChI=1S/C14H22N2O4S2/c1-14(2,3)20-13(17)16-8-4-6-11(10-16)15-22(18,19)12-7-5-9-21-12/h5,7,9,11,15H,4,6,8,10H2,1-3H3/t11-/m1/s1. The molecule has 6 nitrogen and oxygen atoms in total. The lowest BCUT2D eigenvalue weighted by atomic mass is 10.1. The van der Waals surface area contributed by atoms with Crippen LogP contribution in [0.3, 0.4) is 0 Å².